The summed E-state index contributed by atoms with van der Waals surface area (Å²) in [5.74, 6) is -3.65. The molecule has 0 atom stereocenters. The lowest BCUT2D eigenvalue weighted by atomic mass is 9.94. The molecule has 1 saturated heterocycles. The van der Waals surface area contributed by atoms with Gasteiger partial charge in [-0.15, -0.1) is 0 Å². The third-order valence-corrected chi connectivity index (χ3v) is 5.21. The van der Waals surface area contributed by atoms with Gasteiger partial charge in [0, 0.05) is 43.8 Å². The number of rotatable bonds is 3. The van der Waals surface area contributed by atoms with Crippen LogP contribution in [0, 0.1) is 0 Å². The number of hydrogen-bond acceptors (Lipinski definition) is 4. The molecule has 0 bridgehead atoms. The Labute approximate surface area is 159 Å². The number of aliphatic carboxylic acids is 2. The van der Waals surface area contributed by atoms with Gasteiger partial charge in [0.05, 0.1) is 0 Å². The molecule has 0 amide bonds. The summed E-state index contributed by atoms with van der Waals surface area (Å²) in [6, 6.07) is 9.15. The molecule has 0 unspecified atom stereocenters. The van der Waals surface area contributed by atoms with Crippen LogP contribution in [0.4, 0.5) is 0 Å². The predicted molar refractivity (Wildman–Crippen MR) is 100 cm³/mol. The normalized spacial score (nSPS) is 19.4. The average Bonchev–Trinajstić information content (AvgIpc) is 2.63. The number of carboxylic acid groups (broad SMARTS) is 2. The SMILES string of the molecule is Clc1cccc(CN2CCN(C3CCCCC3)CC2)c1.O=C(O)C(=O)O. The molecule has 144 valence electrons. The Morgan fingerprint density at radius 3 is 2.15 bits per heavy atom. The fourth-order valence-electron chi connectivity index (χ4n) is 3.63. The molecule has 1 heterocycles. The average molecular weight is 383 g/mol. The number of piperazine rings is 1. The zero-order valence-electron chi connectivity index (χ0n) is 14.9. The molecule has 2 aliphatic rings. The van der Waals surface area contributed by atoms with Gasteiger partial charge in [-0.2, -0.15) is 0 Å². The standard InChI is InChI=1S/C17H25ClN2.C2H2O4/c18-16-6-4-5-15(13-16)14-19-9-11-20(12-10-19)17-7-2-1-3-8-17;3-1(4)2(5)6/h4-6,13,17H,1-3,7-12,14H2;(H,3,4)(H,5,6). The van der Waals surface area contributed by atoms with Crippen molar-refractivity contribution in [3.63, 3.8) is 0 Å². The van der Waals surface area contributed by atoms with Crippen LogP contribution >= 0.6 is 11.6 Å². The summed E-state index contributed by atoms with van der Waals surface area (Å²) in [5, 5.41) is 15.6. The number of benzene rings is 1. The Balaban J connectivity index is 0.000000352. The molecule has 2 N–H and O–H groups in total. The molecule has 26 heavy (non-hydrogen) atoms. The Bertz CT molecular complexity index is 585. The van der Waals surface area contributed by atoms with Gasteiger partial charge in [-0.25, -0.2) is 9.59 Å². The third kappa shape index (κ3) is 6.94. The molecular weight excluding hydrogens is 356 g/mol. The van der Waals surface area contributed by atoms with E-state index < -0.39 is 11.9 Å². The molecule has 1 aromatic carbocycles. The molecule has 2 fully saturated rings. The summed E-state index contributed by atoms with van der Waals surface area (Å²) in [4.78, 5) is 23.5. The highest BCUT2D eigenvalue weighted by Crippen LogP contribution is 2.24. The highest BCUT2D eigenvalue weighted by Gasteiger charge is 2.24. The van der Waals surface area contributed by atoms with Crippen molar-refractivity contribution in [3.8, 4) is 0 Å². The largest absolute Gasteiger partial charge is 0.473 e. The van der Waals surface area contributed by atoms with Gasteiger partial charge in [0.25, 0.3) is 0 Å². The van der Waals surface area contributed by atoms with Gasteiger partial charge in [0.15, 0.2) is 0 Å². The van der Waals surface area contributed by atoms with E-state index in [1.807, 2.05) is 6.07 Å². The lowest BCUT2D eigenvalue weighted by Gasteiger charge is -2.40. The molecule has 1 saturated carbocycles. The second-order valence-electron chi connectivity index (χ2n) is 6.84. The maximum atomic E-state index is 9.10. The van der Waals surface area contributed by atoms with Crippen molar-refractivity contribution < 1.29 is 19.8 Å². The van der Waals surface area contributed by atoms with E-state index in [1.165, 1.54) is 63.8 Å². The number of halogens is 1. The van der Waals surface area contributed by atoms with Crippen LogP contribution in [0.1, 0.15) is 37.7 Å². The fraction of sp³-hybridized carbons (Fsp3) is 0.579. The van der Waals surface area contributed by atoms with E-state index in [0.29, 0.717) is 0 Å². The maximum absolute atomic E-state index is 9.10. The molecule has 1 aromatic rings. The Kier molecular flexibility index (Phi) is 8.35. The first-order valence-electron chi connectivity index (χ1n) is 9.13. The molecule has 0 aromatic heterocycles. The highest BCUT2D eigenvalue weighted by molar-refractivity contribution is 6.30. The van der Waals surface area contributed by atoms with Crippen LogP contribution in [0.2, 0.25) is 5.02 Å². The number of carbonyl (C=O) groups is 2. The summed E-state index contributed by atoms with van der Waals surface area (Å²) in [6.45, 7) is 5.92. The van der Waals surface area contributed by atoms with Crippen LogP contribution in [0.25, 0.3) is 0 Å². The summed E-state index contributed by atoms with van der Waals surface area (Å²) >= 11 is 6.06. The lowest BCUT2D eigenvalue weighted by Crippen LogP contribution is -2.50. The zero-order valence-corrected chi connectivity index (χ0v) is 15.7. The van der Waals surface area contributed by atoms with E-state index in [2.05, 4.69) is 28.0 Å². The zero-order chi connectivity index (χ0) is 18.9. The fourth-order valence-corrected chi connectivity index (χ4v) is 3.84. The smallest absolute Gasteiger partial charge is 0.414 e. The van der Waals surface area contributed by atoms with Crippen molar-refractivity contribution in [1.82, 2.24) is 9.80 Å². The summed E-state index contributed by atoms with van der Waals surface area (Å²) in [5.41, 5.74) is 1.34. The van der Waals surface area contributed by atoms with Gasteiger partial charge in [-0.3, -0.25) is 9.80 Å². The van der Waals surface area contributed by atoms with Crippen LogP contribution in [-0.2, 0) is 16.1 Å². The minimum Gasteiger partial charge on any atom is -0.473 e. The molecule has 3 rings (SSSR count). The molecule has 0 spiro atoms. The first kappa shape index (κ1) is 20.7. The summed E-state index contributed by atoms with van der Waals surface area (Å²) in [6.07, 6.45) is 7.18. The van der Waals surface area contributed by atoms with Crippen LogP contribution in [0.5, 0.6) is 0 Å². The van der Waals surface area contributed by atoms with Gasteiger partial charge >= 0.3 is 11.9 Å². The molecule has 7 heteroatoms. The van der Waals surface area contributed by atoms with Crippen LogP contribution in [0.15, 0.2) is 24.3 Å². The van der Waals surface area contributed by atoms with E-state index in [4.69, 9.17) is 31.4 Å². The van der Waals surface area contributed by atoms with E-state index in [-0.39, 0.29) is 0 Å². The van der Waals surface area contributed by atoms with E-state index >= 15 is 0 Å². The van der Waals surface area contributed by atoms with E-state index in [1.54, 1.807) is 0 Å². The van der Waals surface area contributed by atoms with Crippen LogP contribution in [-0.4, -0.2) is 64.2 Å². The van der Waals surface area contributed by atoms with Crippen LogP contribution in [0.3, 0.4) is 0 Å². The van der Waals surface area contributed by atoms with Crippen molar-refractivity contribution >= 4 is 23.5 Å². The van der Waals surface area contributed by atoms with Gasteiger partial charge in [0.2, 0.25) is 0 Å². The van der Waals surface area contributed by atoms with Gasteiger partial charge in [-0.05, 0) is 30.5 Å². The molecule has 1 aliphatic carbocycles. The second-order valence-corrected chi connectivity index (χ2v) is 7.28. The van der Waals surface area contributed by atoms with Gasteiger partial charge in [0.1, 0.15) is 0 Å². The maximum Gasteiger partial charge on any atom is 0.414 e. The quantitative estimate of drug-likeness (QED) is 0.782. The lowest BCUT2D eigenvalue weighted by molar-refractivity contribution is -0.159. The first-order chi connectivity index (χ1) is 12.5. The Hall–Kier alpha value is -1.63. The number of nitrogens with zero attached hydrogens (tertiary/aromatic N) is 2. The molecule has 0 radical (unpaired) electrons. The van der Waals surface area contributed by atoms with Gasteiger partial charge < -0.3 is 10.2 Å². The van der Waals surface area contributed by atoms with Crippen LogP contribution < -0.4 is 0 Å². The first-order valence-corrected chi connectivity index (χ1v) is 9.50. The monoisotopic (exact) mass is 382 g/mol. The third-order valence-electron chi connectivity index (χ3n) is 4.98. The van der Waals surface area contributed by atoms with Crippen molar-refractivity contribution in [3.05, 3.63) is 34.9 Å². The molecule has 1 aliphatic heterocycles. The second kappa shape index (κ2) is 10.5. The van der Waals surface area contributed by atoms with E-state index in [9.17, 15) is 0 Å². The molecular formula is C19H27ClN2O4. The Morgan fingerprint density at radius 2 is 1.62 bits per heavy atom. The van der Waals surface area contributed by atoms with Crippen molar-refractivity contribution in [1.29, 1.82) is 0 Å². The minimum absolute atomic E-state index is 0.850. The Morgan fingerprint density at radius 1 is 1.00 bits per heavy atom. The number of hydrogen-bond donors (Lipinski definition) is 2. The molecule has 6 nitrogen and oxygen atoms in total. The minimum atomic E-state index is -1.82. The van der Waals surface area contributed by atoms with Crippen molar-refractivity contribution in [2.45, 2.75) is 44.7 Å². The number of carboxylic acids is 2. The summed E-state index contributed by atoms with van der Waals surface area (Å²) < 4.78 is 0. The summed E-state index contributed by atoms with van der Waals surface area (Å²) in [7, 11) is 0. The van der Waals surface area contributed by atoms with Gasteiger partial charge in [-0.1, -0.05) is 43.0 Å². The topological polar surface area (TPSA) is 81.1 Å². The predicted octanol–water partition coefficient (Wildman–Crippen LogP) is 2.95. The van der Waals surface area contributed by atoms with E-state index in [0.717, 1.165) is 17.6 Å². The highest BCUT2D eigenvalue weighted by atomic mass is 35.5. The van der Waals surface area contributed by atoms with Crippen molar-refractivity contribution in [2.75, 3.05) is 26.2 Å². The van der Waals surface area contributed by atoms with Crippen molar-refractivity contribution in [2.24, 2.45) is 0 Å².